The molecule has 3 nitrogen and oxygen atoms in total. The standard InChI is InChI=1S/C31H27N3/c1-30(24-14-5-3-6-15-24,25-16-7-4-8-17-25)28-20-13-21-29(34-28)31(2,26-18-9-11-22-32-26)27-19-10-12-23-33-27/h3-23H,1-2H3. The van der Waals surface area contributed by atoms with E-state index in [1.54, 1.807) is 0 Å². The highest BCUT2D eigenvalue weighted by Crippen LogP contribution is 2.40. The van der Waals surface area contributed by atoms with Gasteiger partial charge in [0, 0.05) is 12.4 Å². The van der Waals surface area contributed by atoms with Crippen LogP contribution in [0.1, 0.15) is 47.8 Å². The Bertz CT molecular complexity index is 1170. The summed E-state index contributed by atoms with van der Waals surface area (Å²) in [5.74, 6) is 0. The Morgan fingerprint density at radius 3 is 1.26 bits per heavy atom. The second kappa shape index (κ2) is 9.03. The average molecular weight is 442 g/mol. The van der Waals surface area contributed by atoms with Gasteiger partial charge in [-0.05, 0) is 61.4 Å². The summed E-state index contributed by atoms with van der Waals surface area (Å²) in [6, 6.07) is 39.5. The molecular formula is C31H27N3. The average Bonchev–Trinajstić information content (AvgIpc) is 2.94. The smallest absolute Gasteiger partial charge is 0.0939 e. The molecule has 3 aromatic heterocycles. The summed E-state index contributed by atoms with van der Waals surface area (Å²) < 4.78 is 0. The van der Waals surface area contributed by atoms with Crippen molar-refractivity contribution in [1.29, 1.82) is 0 Å². The van der Waals surface area contributed by atoms with Crippen molar-refractivity contribution in [1.82, 2.24) is 15.0 Å². The van der Waals surface area contributed by atoms with Crippen molar-refractivity contribution in [2.45, 2.75) is 24.7 Å². The molecule has 0 unspecified atom stereocenters. The van der Waals surface area contributed by atoms with Gasteiger partial charge in [-0.3, -0.25) is 15.0 Å². The van der Waals surface area contributed by atoms with Crippen LogP contribution in [0.4, 0.5) is 0 Å². The SMILES string of the molecule is CC(c1ccccc1)(c1ccccc1)c1cccc(C(C)(c2ccccn2)c2ccccn2)n1. The predicted octanol–water partition coefficient (Wildman–Crippen LogP) is 6.58. The van der Waals surface area contributed by atoms with Crippen LogP contribution in [0, 0.1) is 0 Å². The van der Waals surface area contributed by atoms with Crippen LogP contribution in [0.2, 0.25) is 0 Å². The van der Waals surface area contributed by atoms with E-state index < -0.39 is 10.8 Å². The fourth-order valence-corrected chi connectivity index (χ4v) is 4.71. The van der Waals surface area contributed by atoms with Crippen LogP contribution >= 0.6 is 0 Å². The Hall–Kier alpha value is -4.11. The van der Waals surface area contributed by atoms with Gasteiger partial charge >= 0.3 is 0 Å². The maximum absolute atomic E-state index is 5.34. The van der Waals surface area contributed by atoms with E-state index in [4.69, 9.17) is 15.0 Å². The highest BCUT2D eigenvalue weighted by molar-refractivity contribution is 5.49. The largest absolute Gasteiger partial charge is 0.260 e. The number of hydrogen-bond acceptors (Lipinski definition) is 3. The minimum Gasteiger partial charge on any atom is -0.260 e. The normalized spacial score (nSPS) is 11.8. The van der Waals surface area contributed by atoms with Crippen molar-refractivity contribution in [3.05, 3.63) is 162 Å². The Balaban J connectivity index is 1.74. The molecule has 0 saturated heterocycles. The molecule has 2 aromatic carbocycles. The Morgan fingerprint density at radius 2 is 0.824 bits per heavy atom. The van der Waals surface area contributed by atoms with Gasteiger partial charge in [-0.25, -0.2) is 0 Å². The molecule has 3 heteroatoms. The van der Waals surface area contributed by atoms with Crippen molar-refractivity contribution in [2.24, 2.45) is 0 Å². The first-order valence-corrected chi connectivity index (χ1v) is 11.6. The summed E-state index contributed by atoms with van der Waals surface area (Å²) in [5.41, 5.74) is 5.10. The summed E-state index contributed by atoms with van der Waals surface area (Å²) in [4.78, 5) is 14.8. The molecular weight excluding hydrogens is 414 g/mol. The first-order valence-electron chi connectivity index (χ1n) is 11.6. The number of nitrogens with zero attached hydrogens (tertiary/aromatic N) is 3. The molecule has 0 bridgehead atoms. The zero-order valence-electron chi connectivity index (χ0n) is 19.5. The monoisotopic (exact) mass is 441 g/mol. The molecule has 0 atom stereocenters. The van der Waals surface area contributed by atoms with Crippen molar-refractivity contribution < 1.29 is 0 Å². The molecule has 166 valence electrons. The topological polar surface area (TPSA) is 38.7 Å². The quantitative estimate of drug-likeness (QED) is 0.299. The van der Waals surface area contributed by atoms with E-state index in [0.717, 1.165) is 22.8 Å². The fourth-order valence-electron chi connectivity index (χ4n) is 4.71. The maximum Gasteiger partial charge on any atom is 0.0939 e. The molecule has 34 heavy (non-hydrogen) atoms. The maximum atomic E-state index is 5.34. The molecule has 0 fully saturated rings. The van der Waals surface area contributed by atoms with Gasteiger partial charge in [0.15, 0.2) is 0 Å². The molecule has 5 rings (SSSR count). The van der Waals surface area contributed by atoms with Crippen LogP contribution in [0.5, 0.6) is 0 Å². The van der Waals surface area contributed by atoms with Gasteiger partial charge in [0.1, 0.15) is 0 Å². The van der Waals surface area contributed by atoms with Gasteiger partial charge in [0.25, 0.3) is 0 Å². The second-order valence-corrected chi connectivity index (χ2v) is 8.82. The van der Waals surface area contributed by atoms with E-state index >= 15 is 0 Å². The summed E-state index contributed by atoms with van der Waals surface area (Å²) in [5, 5.41) is 0. The van der Waals surface area contributed by atoms with Crippen molar-refractivity contribution in [3.63, 3.8) is 0 Å². The van der Waals surface area contributed by atoms with E-state index in [0.29, 0.717) is 0 Å². The van der Waals surface area contributed by atoms with Crippen LogP contribution in [0.25, 0.3) is 0 Å². The van der Waals surface area contributed by atoms with E-state index in [1.807, 2.05) is 36.7 Å². The van der Waals surface area contributed by atoms with Crippen molar-refractivity contribution in [3.8, 4) is 0 Å². The summed E-state index contributed by atoms with van der Waals surface area (Å²) >= 11 is 0. The van der Waals surface area contributed by atoms with Crippen molar-refractivity contribution >= 4 is 0 Å². The van der Waals surface area contributed by atoms with Crippen LogP contribution in [0.3, 0.4) is 0 Å². The Labute approximate surface area is 201 Å². The van der Waals surface area contributed by atoms with Gasteiger partial charge in [-0.2, -0.15) is 0 Å². The third kappa shape index (κ3) is 3.69. The minimum absolute atomic E-state index is 0.423. The molecule has 0 radical (unpaired) electrons. The van der Waals surface area contributed by atoms with E-state index in [2.05, 4.69) is 105 Å². The molecule has 0 aliphatic carbocycles. The van der Waals surface area contributed by atoms with Gasteiger partial charge in [0.05, 0.1) is 33.6 Å². The lowest BCUT2D eigenvalue weighted by atomic mass is 9.72. The van der Waals surface area contributed by atoms with E-state index in [1.165, 1.54) is 11.1 Å². The highest BCUT2D eigenvalue weighted by atomic mass is 14.8. The number of rotatable bonds is 6. The summed E-state index contributed by atoms with van der Waals surface area (Å²) in [6.07, 6.45) is 3.66. The third-order valence-corrected chi connectivity index (χ3v) is 6.83. The Kier molecular flexibility index (Phi) is 5.77. The molecule has 5 aromatic rings. The second-order valence-electron chi connectivity index (χ2n) is 8.82. The molecule has 3 heterocycles. The first-order chi connectivity index (χ1) is 16.6. The van der Waals surface area contributed by atoms with E-state index in [-0.39, 0.29) is 0 Å². The zero-order chi connectivity index (χ0) is 23.4. The summed E-state index contributed by atoms with van der Waals surface area (Å²) in [7, 11) is 0. The van der Waals surface area contributed by atoms with Crippen molar-refractivity contribution in [2.75, 3.05) is 0 Å². The molecule has 0 N–H and O–H groups in total. The first kappa shape index (κ1) is 21.7. The number of benzene rings is 2. The van der Waals surface area contributed by atoms with Gasteiger partial charge < -0.3 is 0 Å². The molecule has 0 amide bonds. The lowest BCUT2D eigenvalue weighted by Gasteiger charge is -2.33. The molecule has 0 aliphatic rings. The highest BCUT2D eigenvalue weighted by Gasteiger charge is 2.38. The van der Waals surface area contributed by atoms with Crippen LogP contribution in [0.15, 0.2) is 128 Å². The summed E-state index contributed by atoms with van der Waals surface area (Å²) in [6.45, 7) is 4.41. The number of aromatic nitrogens is 3. The fraction of sp³-hybridized carbons (Fsp3) is 0.129. The molecule has 0 saturated carbocycles. The number of hydrogen-bond donors (Lipinski definition) is 0. The van der Waals surface area contributed by atoms with Gasteiger partial charge in [0.2, 0.25) is 0 Å². The lowest BCUT2D eigenvalue weighted by molar-refractivity contribution is 0.596. The zero-order valence-corrected chi connectivity index (χ0v) is 19.5. The predicted molar refractivity (Wildman–Crippen MR) is 137 cm³/mol. The van der Waals surface area contributed by atoms with Gasteiger partial charge in [-0.15, -0.1) is 0 Å². The van der Waals surface area contributed by atoms with E-state index in [9.17, 15) is 0 Å². The Morgan fingerprint density at radius 1 is 0.412 bits per heavy atom. The van der Waals surface area contributed by atoms with Crippen LogP contribution < -0.4 is 0 Å². The van der Waals surface area contributed by atoms with Crippen LogP contribution in [-0.2, 0) is 10.8 Å². The number of pyridine rings is 3. The molecule has 0 spiro atoms. The lowest BCUT2D eigenvalue weighted by Crippen LogP contribution is -2.32. The minimum atomic E-state index is -0.604. The molecule has 0 aliphatic heterocycles. The third-order valence-electron chi connectivity index (χ3n) is 6.83. The van der Waals surface area contributed by atoms with Crippen LogP contribution in [-0.4, -0.2) is 15.0 Å². The van der Waals surface area contributed by atoms with Gasteiger partial charge in [-0.1, -0.05) is 78.9 Å².